The highest BCUT2D eigenvalue weighted by Crippen LogP contribution is 2.07. The van der Waals surface area contributed by atoms with E-state index in [1.165, 1.54) is 12.8 Å². The largest absolute Gasteiger partial charge is 0.356 e. The summed E-state index contributed by atoms with van der Waals surface area (Å²) in [6.45, 7) is 1.88. The molecule has 0 saturated carbocycles. The van der Waals surface area contributed by atoms with E-state index in [-0.39, 0.29) is 5.91 Å². The second kappa shape index (κ2) is 6.35. The number of hydrogen-bond acceptors (Lipinski definition) is 3. The Kier molecular flexibility index (Phi) is 4.50. The number of rotatable bonds is 5. The van der Waals surface area contributed by atoms with Gasteiger partial charge in [0.15, 0.2) is 0 Å². The average molecular weight is 233 g/mol. The molecule has 2 N–H and O–H groups in total. The molecule has 0 bridgehead atoms. The van der Waals surface area contributed by atoms with Crippen LogP contribution in [-0.2, 0) is 11.2 Å². The zero-order valence-corrected chi connectivity index (χ0v) is 9.98. The quantitative estimate of drug-likeness (QED) is 0.794. The van der Waals surface area contributed by atoms with Gasteiger partial charge >= 0.3 is 0 Å². The van der Waals surface area contributed by atoms with Gasteiger partial charge in [0.2, 0.25) is 5.91 Å². The summed E-state index contributed by atoms with van der Waals surface area (Å²) in [5.74, 6) is 0.0796. The topological polar surface area (TPSA) is 54.0 Å². The van der Waals surface area contributed by atoms with Crippen LogP contribution in [0.5, 0.6) is 0 Å². The molecule has 92 valence electrons. The van der Waals surface area contributed by atoms with Crippen LogP contribution in [0.4, 0.5) is 0 Å². The zero-order chi connectivity index (χ0) is 11.9. The number of nitrogens with one attached hydrogen (secondary N) is 2. The van der Waals surface area contributed by atoms with Crippen LogP contribution in [0.25, 0.3) is 0 Å². The van der Waals surface area contributed by atoms with Gasteiger partial charge < -0.3 is 10.6 Å². The van der Waals surface area contributed by atoms with Crippen LogP contribution in [0.15, 0.2) is 24.5 Å². The van der Waals surface area contributed by atoms with Gasteiger partial charge in [-0.3, -0.25) is 9.78 Å². The van der Waals surface area contributed by atoms with Crippen LogP contribution < -0.4 is 10.6 Å². The minimum absolute atomic E-state index is 0.0796. The van der Waals surface area contributed by atoms with E-state index in [0.29, 0.717) is 12.5 Å². The van der Waals surface area contributed by atoms with E-state index in [4.69, 9.17) is 0 Å². The first-order valence-corrected chi connectivity index (χ1v) is 6.23. The van der Waals surface area contributed by atoms with E-state index in [0.717, 1.165) is 25.1 Å². The molecule has 1 unspecified atom stereocenters. The standard InChI is InChI=1S/C13H19N3O/c17-13(9-11-3-1-6-14-10-11)16-8-5-12-4-2-7-15-12/h1,3,6,10,12,15H,2,4-5,7-9H2,(H,16,17). The normalized spacial score (nSPS) is 19.2. The van der Waals surface area contributed by atoms with Crippen LogP contribution in [0.2, 0.25) is 0 Å². The number of amides is 1. The number of carbonyl (C=O) groups excluding carboxylic acids is 1. The molecule has 4 nitrogen and oxygen atoms in total. The van der Waals surface area contributed by atoms with Crippen molar-refractivity contribution in [3.05, 3.63) is 30.1 Å². The van der Waals surface area contributed by atoms with Gasteiger partial charge in [-0.25, -0.2) is 0 Å². The monoisotopic (exact) mass is 233 g/mol. The second-order valence-electron chi connectivity index (χ2n) is 4.47. The lowest BCUT2D eigenvalue weighted by Crippen LogP contribution is -2.31. The van der Waals surface area contributed by atoms with E-state index >= 15 is 0 Å². The van der Waals surface area contributed by atoms with Crippen LogP contribution in [0.3, 0.4) is 0 Å². The first-order chi connectivity index (χ1) is 8.34. The van der Waals surface area contributed by atoms with Crippen molar-refractivity contribution in [2.45, 2.75) is 31.7 Å². The molecule has 0 radical (unpaired) electrons. The molecule has 1 saturated heterocycles. The first kappa shape index (κ1) is 12.0. The number of carbonyl (C=O) groups is 1. The summed E-state index contributed by atoms with van der Waals surface area (Å²) in [7, 11) is 0. The van der Waals surface area contributed by atoms with Crippen molar-refractivity contribution < 1.29 is 4.79 Å². The molecule has 1 atom stereocenters. The molecule has 2 heterocycles. The Bertz CT molecular complexity index is 347. The molecular formula is C13H19N3O. The van der Waals surface area contributed by atoms with Gasteiger partial charge in [-0.05, 0) is 37.4 Å². The Labute approximate surface area is 102 Å². The molecule has 0 aromatic carbocycles. The fourth-order valence-electron chi connectivity index (χ4n) is 2.14. The van der Waals surface area contributed by atoms with Crippen molar-refractivity contribution in [3.8, 4) is 0 Å². The molecule has 1 aliphatic rings. The van der Waals surface area contributed by atoms with Crippen molar-refractivity contribution in [1.29, 1.82) is 0 Å². The van der Waals surface area contributed by atoms with Crippen molar-refractivity contribution in [1.82, 2.24) is 15.6 Å². The van der Waals surface area contributed by atoms with Crippen LogP contribution in [0.1, 0.15) is 24.8 Å². The zero-order valence-electron chi connectivity index (χ0n) is 9.98. The van der Waals surface area contributed by atoms with Crippen molar-refractivity contribution in [2.24, 2.45) is 0 Å². The number of pyridine rings is 1. The Morgan fingerprint density at radius 3 is 3.24 bits per heavy atom. The summed E-state index contributed by atoms with van der Waals surface area (Å²) in [6.07, 6.45) is 7.39. The van der Waals surface area contributed by atoms with E-state index in [1.54, 1.807) is 12.4 Å². The van der Waals surface area contributed by atoms with Gasteiger partial charge in [-0.15, -0.1) is 0 Å². The number of aromatic nitrogens is 1. The Hall–Kier alpha value is -1.42. The summed E-state index contributed by atoms with van der Waals surface area (Å²) in [6, 6.07) is 4.37. The summed E-state index contributed by atoms with van der Waals surface area (Å²) >= 11 is 0. The molecule has 1 aromatic heterocycles. The van der Waals surface area contributed by atoms with E-state index < -0.39 is 0 Å². The maximum Gasteiger partial charge on any atom is 0.224 e. The van der Waals surface area contributed by atoms with Crippen LogP contribution >= 0.6 is 0 Å². The molecule has 0 spiro atoms. The minimum atomic E-state index is 0.0796. The van der Waals surface area contributed by atoms with Crippen molar-refractivity contribution in [2.75, 3.05) is 13.1 Å². The van der Waals surface area contributed by atoms with Gasteiger partial charge in [-0.1, -0.05) is 6.07 Å². The maximum atomic E-state index is 11.6. The van der Waals surface area contributed by atoms with Gasteiger partial charge in [0, 0.05) is 25.0 Å². The highest BCUT2D eigenvalue weighted by atomic mass is 16.1. The molecule has 1 aliphatic heterocycles. The van der Waals surface area contributed by atoms with Gasteiger partial charge in [0.05, 0.1) is 6.42 Å². The fourth-order valence-corrected chi connectivity index (χ4v) is 2.14. The second-order valence-corrected chi connectivity index (χ2v) is 4.47. The highest BCUT2D eigenvalue weighted by Gasteiger charge is 2.13. The summed E-state index contributed by atoms with van der Waals surface area (Å²) in [4.78, 5) is 15.6. The van der Waals surface area contributed by atoms with Crippen LogP contribution in [-0.4, -0.2) is 30.0 Å². The predicted octanol–water partition coefficient (Wildman–Crippen LogP) is 0.882. The minimum Gasteiger partial charge on any atom is -0.356 e. The highest BCUT2D eigenvalue weighted by molar-refractivity contribution is 5.78. The summed E-state index contributed by atoms with van der Waals surface area (Å²) in [5, 5.41) is 6.37. The molecule has 1 amide bonds. The third kappa shape index (κ3) is 4.15. The summed E-state index contributed by atoms with van der Waals surface area (Å²) < 4.78 is 0. The van der Waals surface area contributed by atoms with E-state index in [1.807, 2.05) is 12.1 Å². The van der Waals surface area contributed by atoms with Crippen molar-refractivity contribution in [3.63, 3.8) is 0 Å². The van der Waals surface area contributed by atoms with Gasteiger partial charge in [0.25, 0.3) is 0 Å². The first-order valence-electron chi connectivity index (χ1n) is 6.23. The number of nitrogens with zero attached hydrogens (tertiary/aromatic N) is 1. The number of hydrogen-bond donors (Lipinski definition) is 2. The van der Waals surface area contributed by atoms with Crippen molar-refractivity contribution >= 4 is 5.91 Å². The molecule has 2 rings (SSSR count). The van der Waals surface area contributed by atoms with Gasteiger partial charge in [-0.2, -0.15) is 0 Å². The predicted molar refractivity (Wildman–Crippen MR) is 66.6 cm³/mol. The molecule has 1 aromatic rings. The average Bonchev–Trinajstić information content (AvgIpc) is 2.83. The third-order valence-electron chi connectivity index (χ3n) is 3.06. The fraction of sp³-hybridized carbons (Fsp3) is 0.538. The lowest BCUT2D eigenvalue weighted by Gasteiger charge is -2.10. The Balaban J connectivity index is 1.64. The van der Waals surface area contributed by atoms with E-state index in [2.05, 4.69) is 15.6 Å². The molecular weight excluding hydrogens is 214 g/mol. The smallest absolute Gasteiger partial charge is 0.224 e. The Morgan fingerprint density at radius 2 is 2.53 bits per heavy atom. The lowest BCUT2D eigenvalue weighted by molar-refractivity contribution is -0.120. The SMILES string of the molecule is O=C(Cc1cccnc1)NCCC1CCCN1. The lowest BCUT2D eigenvalue weighted by atomic mass is 10.1. The van der Waals surface area contributed by atoms with Crippen LogP contribution in [0, 0.1) is 0 Å². The molecule has 4 heteroatoms. The molecule has 0 aliphatic carbocycles. The van der Waals surface area contributed by atoms with Gasteiger partial charge in [0.1, 0.15) is 0 Å². The Morgan fingerprint density at radius 1 is 1.59 bits per heavy atom. The maximum absolute atomic E-state index is 11.6. The third-order valence-corrected chi connectivity index (χ3v) is 3.06. The summed E-state index contributed by atoms with van der Waals surface area (Å²) in [5.41, 5.74) is 0.962. The van der Waals surface area contributed by atoms with E-state index in [9.17, 15) is 4.79 Å². The molecule has 17 heavy (non-hydrogen) atoms. The molecule has 1 fully saturated rings.